The molecular formula is C10H21NO. The average Bonchev–Trinajstić information content (AvgIpc) is 2.58. The molecule has 1 fully saturated rings. The van der Waals surface area contributed by atoms with E-state index in [1.54, 1.807) is 0 Å². The van der Waals surface area contributed by atoms with Crippen molar-refractivity contribution in [1.82, 2.24) is 4.90 Å². The predicted molar refractivity (Wildman–Crippen MR) is 51.1 cm³/mol. The molecule has 0 amide bonds. The summed E-state index contributed by atoms with van der Waals surface area (Å²) in [5.41, 5.74) is 0. The van der Waals surface area contributed by atoms with Gasteiger partial charge in [0.05, 0.1) is 0 Å². The molecule has 0 aromatic carbocycles. The first-order valence-corrected chi connectivity index (χ1v) is 5.17. The van der Waals surface area contributed by atoms with Crippen molar-refractivity contribution in [3.8, 4) is 0 Å². The highest BCUT2D eigenvalue weighted by Gasteiger charge is 2.24. The number of rotatable bonds is 4. The standard InChI is InChI=1S/C10H21NO/c1-4-9(3)11(5-2)10-7-6-8-12-10/h9-10H,4-8H2,1-3H3. The maximum Gasteiger partial charge on any atom is 0.110 e. The van der Waals surface area contributed by atoms with Gasteiger partial charge in [-0.15, -0.1) is 0 Å². The Balaban J connectivity index is 2.42. The van der Waals surface area contributed by atoms with Crippen LogP contribution in [0.15, 0.2) is 0 Å². The normalized spacial score (nSPS) is 26.5. The highest BCUT2D eigenvalue weighted by molar-refractivity contribution is 4.71. The van der Waals surface area contributed by atoms with E-state index in [-0.39, 0.29) is 0 Å². The van der Waals surface area contributed by atoms with Gasteiger partial charge in [0.15, 0.2) is 0 Å². The van der Waals surface area contributed by atoms with Crippen LogP contribution in [0.2, 0.25) is 0 Å². The molecule has 72 valence electrons. The first-order chi connectivity index (χ1) is 5.79. The Morgan fingerprint density at radius 1 is 1.50 bits per heavy atom. The number of hydrogen-bond donors (Lipinski definition) is 0. The van der Waals surface area contributed by atoms with Gasteiger partial charge < -0.3 is 4.74 Å². The molecule has 2 nitrogen and oxygen atoms in total. The second-order valence-electron chi connectivity index (χ2n) is 3.56. The van der Waals surface area contributed by atoms with Crippen molar-refractivity contribution in [2.45, 2.75) is 52.3 Å². The SMILES string of the molecule is CCC(C)N(CC)C1CCCO1. The summed E-state index contributed by atoms with van der Waals surface area (Å²) in [5, 5.41) is 0. The van der Waals surface area contributed by atoms with Gasteiger partial charge in [-0.2, -0.15) is 0 Å². The van der Waals surface area contributed by atoms with Gasteiger partial charge in [-0.05, 0) is 32.7 Å². The Hall–Kier alpha value is -0.0800. The van der Waals surface area contributed by atoms with Crippen LogP contribution in [0.3, 0.4) is 0 Å². The summed E-state index contributed by atoms with van der Waals surface area (Å²) >= 11 is 0. The zero-order valence-corrected chi connectivity index (χ0v) is 8.55. The summed E-state index contributed by atoms with van der Waals surface area (Å²) in [6, 6.07) is 0.665. The van der Waals surface area contributed by atoms with Crippen LogP contribution in [0.25, 0.3) is 0 Å². The number of nitrogens with zero attached hydrogens (tertiary/aromatic N) is 1. The smallest absolute Gasteiger partial charge is 0.110 e. The minimum atomic E-state index is 0.407. The number of hydrogen-bond acceptors (Lipinski definition) is 2. The van der Waals surface area contributed by atoms with Crippen LogP contribution in [0.1, 0.15) is 40.0 Å². The molecule has 1 aliphatic rings. The Morgan fingerprint density at radius 2 is 2.25 bits per heavy atom. The molecule has 1 aliphatic heterocycles. The topological polar surface area (TPSA) is 12.5 Å². The molecule has 0 aliphatic carbocycles. The van der Waals surface area contributed by atoms with Crippen LogP contribution in [0.5, 0.6) is 0 Å². The van der Waals surface area contributed by atoms with E-state index in [2.05, 4.69) is 25.7 Å². The van der Waals surface area contributed by atoms with Gasteiger partial charge in [0, 0.05) is 12.6 Å². The fraction of sp³-hybridized carbons (Fsp3) is 1.00. The monoisotopic (exact) mass is 171 g/mol. The second-order valence-corrected chi connectivity index (χ2v) is 3.56. The molecule has 2 unspecified atom stereocenters. The van der Waals surface area contributed by atoms with Gasteiger partial charge in [0.25, 0.3) is 0 Å². The van der Waals surface area contributed by atoms with Gasteiger partial charge in [0.1, 0.15) is 6.23 Å². The molecule has 1 saturated heterocycles. The summed E-state index contributed by atoms with van der Waals surface area (Å²) in [6.07, 6.45) is 4.08. The first kappa shape index (κ1) is 10.0. The van der Waals surface area contributed by atoms with E-state index < -0.39 is 0 Å². The molecular weight excluding hydrogens is 150 g/mol. The van der Waals surface area contributed by atoms with Crippen LogP contribution in [0, 0.1) is 0 Å². The molecule has 2 heteroatoms. The molecule has 12 heavy (non-hydrogen) atoms. The summed E-state index contributed by atoms with van der Waals surface area (Å²) in [7, 11) is 0. The molecule has 0 aromatic rings. The quantitative estimate of drug-likeness (QED) is 0.643. The van der Waals surface area contributed by atoms with E-state index in [0.29, 0.717) is 12.3 Å². The maximum atomic E-state index is 5.65. The van der Waals surface area contributed by atoms with Crippen LogP contribution < -0.4 is 0 Å². The lowest BCUT2D eigenvalue weighted by molar-refractivity contribution is -0.0376. The highest BCUT2D eigenvalue weighted by atomic mass is 16.5. The Kier molecular flexibility index (Phi) is 4.02. The number of ether oxygens (including phenoxy) is 1. The zero-order valence-electron chi connectivity index (χ0n) is 8.55. The molecule has 0 radical (unpaired) electrons. The zero-order chi connectivity index (χ0) is 8.97. The van der Waals surface area contributed by atoms with E-state index in [0.717, 1.165) is 13.2 Å². The minimum absolute atomic E-state index is 0.407. The third-order valence-corrected chi connectivity index (χ3v) is 2.80. The lowest BCUT2D eigenvalue weighted by atomic mass is 10.2. The summed E-state index contributed by atoms with van der Waals surface area (Å²) < 4.78 is 5.65. The molecule has 1 heterocycles. The first-order valence-electron chi connectivity index (χ1n) is 5.17. The molecule has 0 saturated carbocycles. The summed E-state index contributed by atoms with van der Waals surface area (Å²) in [5.74, 6) is 0. The van der Waals surface area contributed by atoms with E-state index in [1.165, 1.54) is 19.3 Å². The largest absolute Gasteiger partial charge is 0.363 e. The third kappa shape index (κ3) is 2.20. The molecule has 0 aromatic heterocycles. The Bertz CT molecular complexity index is 121. The van der Waals surface area contributed by atoms with Gasteiger partial charge in [0.2, 0.25) is 0 Å². The van der Waals surface area contributed by atoms with E-state index in [4.69, 9.17) is 4.74 Å². The molecule has 0 N–H and O–H groups in total. The molecule has 2 atom stereocenters. The lowest BCUT2D eigenvalue weighted by Gasteiger charge is -2.31. The van der Waals surface area contributed by atoms with Crippen LogP contribution in [-0.2, 0) is 4.74 Å². The Morgan fingerprint density at radius 3 is 2.67 bits per heavy atom. The van der Waals surface area contributed by atoms with Crippen molar-refractivity contribution in [2.24, 2.45) is 0 Å². The predicted octanol–water partition coefficient (Wildman–Crippen LogP) is 2.24. The van der Waals surface area contributed by atoms with Gasteiger partial charge in [-0.3, -0.25) is 4.90 Å². The van der Waals surface area contributed by atoms with Crippen molar-refractivity contribution in [3.63, 3.8) is 0 Å². The maximum absolute atomic E-state index is 5.65. The van der Waals surface area contributed by atoms with Crippen molar-refractivity contribution >= 4 is 0 Å². The molecule has 1 rings (SSSR count). The van der Waals surface area contributed by atoms with E-state index >= 15 is 0 Å². The minimum Gasteiger partial charge on any atom is -0.363 e. The third-order valence-electron chi connectivity index (χ3n) is 2.80. The highest BCUT2D eigenvalue weighted by Crippen LogP contribution is 2.19. The van der Waals surface area contributed by atoms with Crippen molar-refractivity contribution < 1.29 is 4.74 Å². The molecule has 0 bridgehead atoms. The average molecular weight is 171 g/mol. The summed E-state index contributed by atoms with van der Waals surface area (Å²) in [4.78, 5) is 2.47. The van der Waals surface area contributed by atoms with Gasteiger partial charge in [-0.1, -0.05) is 13.8 Å². The molecule has 0 spiro atoms. The van der Waals surface area contributed by atoms with E-state index in [9.17, 15) is 0 Å². The van der Waals surface area contributed by atoms with Crippen molar-refractivity contribution in [2.75, 3.05) is 13.2 Å². The summed E-state index contributed by atoms with van der Waals surface area (Å²) in [6.45, 7) is 8.80. The second kappa shape index (κ2) is 4.83. The van der Waals surface area contributed by atoms with Gasteiger partial charge in [-0.25, -0.2) is 0 Å². The fourth-order valence-electron chi connectivity index (χ4n) is 1.86. The van der Waals surface area contributed by atoms with Crippen LogP contribution >= 0.6 is 0 Å². The fourth-order valence-corrected chi connectivity index (χ4v) is 1.86. The lowest BCUT2D eigenvalue weighted by Crippen LogP contribution is -2.40. The van der Waals surface area contributed by atoms with E-state index in [1.807, 2.05) is 0 Å². The van der Waals surface area contributed by atoms with Crippen LogP contribution in [0.4, 0.5) is 0 Å². The van der Waals surface area contributed by atoms with Crippen LogP contribution in [-0.4, -0.2) is 30.3 Å². The van der Waals surface area contributed by atoms with Gasteiger partial charge >= 0.3 is 0 Å². The Labute approximate surface area is 75.9 Å². The van der Waals surface area contributed by atoms with Crippen molar-refractivity contribution in [3.05, 3.63) is 0 Å². The van der Waals surface area contributed by atoms with Crippen molar-refractivity contribution in [1.29, 1.82) is 0 Å².